The van der Waals surface area contributed by atoms with Gasteiger partial charge in [-0.2, -0.15) is 0 Å². The van der Waals surface area contributed by atoms with Gasteiger partial charge in [-0.25, -0.2) is 9.97 Å². The molecule has 0 unspecified atom stereocenters. The number of hydrogen-bond acceptors (Lipinski definition) is 3. The summed E-state index contributed by atoms with van der Waals surface area (Å²) in [4.78, 5) is 15.4. The van der Waals surface area contributed by atoms with Gasteiger partial charge in [0.2, 0.25) is 0 Å². The number of rotatable bonds is 8. The van der Waals surface area contributed by atoms with Crippen LogP contribution in [0.1, 0.15) is 0 Å². The second-order valence-electron chi connectivity index (χ2n) is 14.4. The van der Waals surface area contributed by atoms with Crippen molar-refractivity contribution >= 4 is 10.8 Å². The predicted octanol–water partition coefficient (Wildman–Crippen LogP) is 14.2. The minimum absolute atomic E-state index is 0. The smallest absolute Gasteiger partial charge is 0.142 e. The van der Waals surface area contributed by atoms with Crippen LogP contribution in [-0.2, 0) is 20.1 Å². The Hall–Kier alpha value is -7.10. The predicted molar refractivity (Wildman–Crippen MR) is 240 cm³/mol. The van der Waals surface area contributed by atoms with Gasteiger partial charge >= 0.3 is 0 Å². The summed E-state index contributed by atoms with van der Waals surface area (Å²) in [6.07, 6.45) is 1.92. The van der Waals surface area contributed by atoms with E-state index in [9.17, 15) is 0 Å². The van der Waals surface area contributed by atoms with Crippen LogP contribution in [0.3, 0.4) is 0 Å². The summed E-state index contributed by atoms with van der Waals surface area (Å²) in [7, 11) is 0. The largest absolute Gasteiger partial charge is 0.304 e. The van der Waals surface area contributed by atoms with Crippen LogP contribution >= 0.6 is 0 Å². The fourth-order valence-electron chi connectivity index (χ4n) is 7.67. The third-order valence-corrected chi connectivity index (χ3v) is 10.6. The van der Waals surface area contributed by atoms with Gasteiger partial charge in [0.25, 0.3) is 0 Å². The number of hydrogen-bond donors (Lipinski definition) is 0. The van der Waals surface area contributed by atoms with Crippen LogP contribution in [0, 0.1) is 6.07 Å². The zero-order valence-corrected chi connectivity index (χ0v) is 34.4. The van der Waals surface area contributed by atoms with Crippen LogP contribution in [0.25, 0.3) is 100 Å². The maximum Gasteiger partial charge on any atom is 0.142 e. The van der Waals surface area contributed by atoms with Crippen molar-refractivity contribution in [1.82, 2.24) is 15.0 Å². The molecule has 1 radical (unpaired) electrons. The van der Waals surface area contributed by atoms with Crippen LogP contribution in [0.4, 0.5) is 0 Å². The van der Waals surface area contributed by atoms with Crippen molar-refractivity contribution in [3.63, 3.8) is 0 Å². The minimum Gasteiger partial charge on any atom is -0.304 e. The van der Waals surface area contributed by atoms with Crippen molar-refractivity contribution < 1.29 is 20.1 Å². The molecule has 59 heavy (non-hydrogen) atoms. The maximum absolute atomic E-state index is 5.31. The molecule has 3 nitrogen and oxygen atoms in total. The molecule has 0 saturated heterocycles. The van der Waals surface area contributed by atoms with Gasteiger partial charge in [-0.1, -0.05) is 169 Å². The fraction of sp³-hybridized carbons (Fsp3) is 0. The zero-order valence-electron chi connectivity index (χ0n) is 32.0. The van der Waals surface area contributed by atoms with Gasteiger partial charge in [0.15, 0.2) is 0 Å². The Bertz CT molecular complexity index is 3000. The topological polar surface area (TPSA) is 38.7 Å². The normalized spacial score (nSPS) is 10.9. The SMILES string of the molecule is [Ir].[c-]1ccc(-c2nc(-c3cccc(-c4cc(-c5ccccc5)cc(-c5ccccc5)c4)c3)cc(-c3ccccc3-c3ccccc3)n2)cc1-c1cc2ccccc2cn1. The molecule has 2 aromatic heterocycles. The number of pyridine rings is 1. The third-order valence-electron chi connectivity index (χ3n) is 10.6. The summed E-state index contributed by atoms with van der Waals surface area (Å²) in [5.74, 6) is 0.634. The number of fused-ring (bicyclic) bond motifs is 1. The molecule has 0 aliphatic carbocycles. The average Bonchev–Trinajstić information content (AvgIpc) is 3.32. The summed E-state index contributed by atoms with van der Waals surface area (Å²) >= 11 is 0. The molecule has 281 valence electrons. The van der Waals surface area contributed by atoms with E-state index in [0.717, 1.165) is 72.4 Å². The van der Waals surface area contributed by atoms with Gasteiger partial charge in [-0.15, -0.1) is 29.8 Å². The maximum atomic E-state index is 5.31. The second-order valence-corrected chi connectivity index (χ2v) is 14.4. The zero-order chi connectivity index (χ0) is 38.7. The van der Waals surface area contributed by atoms with Gasteiger partial charge in [-0.05, 0) is 91.3 Å². The summed E-state index contributed by atoms with van der Waals surface area (Å²) in [5.41, 5.74) is 15.6. The van der Waals surface area contributed by atoms with Crippen molar-refractivity contribution in [3.05, 3.63) is 225 Å². The summed E-state index contributed by atoms with van der Waals surface area (Å²) in [6.45, 7) is 0. The first-order valence-corrected chi connectivity index (χ1v) is 19.5. The number of nitrogens with zero attached hydrogens (tertiary/aromatic N) is 3. The van der Waals surface area contributed by atoms with E-state index in [2.05, 4.69) is 194 Å². The first-order valence-electron chi connectivity index (χ1n) is 19.5. The molecule has 0 atom stereocenters. The summed E-state index contributed by atoms with van der Waals surface area (Å²) < 4.78 is 0. The Labute approximate surface area is 358 Å². The van der Waals surface area contributed by atoms with Crippen LogP contribution in [-0.4, -0.2) is 15.0 Å². The Morgan fingerprint density at radius 2 is 0.847 bits per heavy atom. The molecule has 4 heteroatoms. The van der Waals surface area contributed by atoms with E-state index in [0.29, 0.717) is 5.82 Å². The van der Waals surface area contributed by atoms with E-state index in [1.54, 1.807) is 0 Å². The molecule has 10 aromatic rings. The van der Waals surface area contributed by atoms with Crippen LogP contribution < -0.4 is 0 Å². The van der Waals surface area contributed by atoms with Crippen LogP contribution in [0.2, 0.25) is 0 Å². The van der Waals surface area contributed by atoms with E-state index in [1.165, 1.54) is 22.3 Å². The molecular formula is C55H36IrN3-. The summed E-state index contributed by atoms with van der Waals surface area (Å²) in [5, 5.41) is 2.24. The van der Waals surface area contributed by atoms with Crippen molar-refractivity contribution in [1.29, 1.82) is 0 Å². The Balaban J connectivity index is 0.00000449. The van der Waals surface area contributed by atoms with Gasteiger partial charge < -0.3 is 4.98 Å². The van der Waals surface area contributed by atoms with Crippen molar-refractivity contribution in [2.45, 2.75) is 0 Å². The first-order chi connectivity index (χ1) is 28.7. The third kappa shape index (κ3) is 7.93. The van der Waals surface area contributed by atoms with E-state index < -0.39 is 0 Å². The van der Waals surface area contributed by atoms with Crippen LogP contribution in [0.5, 0.6) is 0 Å². The molecular weight excluding hydrogens is 895 g/mol. The molecule has 0 bridgehead atoms. The summed E-state index contributed by atoms with van der Waals surface area (Å²) in [6, 6.07) is 77.8. The van der Waals surface area contributed by atoms with Gasteiger partial charge in [0.05, 0.1) is 11.4 Å². The van der Waals surface area contributed by atoms with Crippen molar-refractivity contribution in [3.8, 4) is 89.7 Å². The Morgan fingerprint density at radius 1 is 0.322 bits per heavy atom. The molecule has 0 fully saturated rings. The second kappa shape index (κ2) is 16.8. The average molecular weight is 931 g/mol. The standard InChI is InChI=1S/C55H36N3.Ir/c1-4-16-38(17-5-1)47-32-48(39-18-6-2-7-19-39)34-49(33-47)41-24-14-26-44(30-41)53-36-54(51-29-13-12-28-50(51)40-20-8-3-9-21-40)58-55(57-53)45-27-15-25-43(31-45)52-35-42-22-10-11-23-46(42)37-56-52;/h1-24,26-37H;/q-1;. The minimum atomic E-state index is 0. The molecule has 10 rings (SSSR count). The molecule has 0 aliphatic heterocycles. The number of benzene rings is 8. The molecule has 8 aromatic carbocycles. The molecule has 0 aliphatic rings. The van der Waals surface area contributed by atoms with Crippen molar-refractivity contribution in [2.75, 3.05) is 0 Å². The van der Waals surface area contributed by atoms with Gasteiger partial charge in [-0.3, -0.25) is 0 Å². The molecule has 0 saturated carbocycles. The molecule has 0 amide bonds. The quantitative estimate of drug-likeness (QED) is 0.143. The molecule has 2 heterocycles. The van der Waals surface area contributed by atoms with Crippen LogP contribution in [0.15, 0.2) is 219 Å². The van der Waals surface area contributed by atoms with E-state index >= 15 is 0 Å². The Kier molecular flexibility index (Phi) is 10.7. The molecule has 0 spiro atoms. The van der Waals surface area contributed by atoms with E-state index in [4.69, 9.17) is 15.0 Å². The monoisotopic (exact) mass is 931 g/mol. The first kappa shape index (κ1) is 37.5. The Morgan fingerprint density at radius 3 is 1.54 bits per heavy atom. The van der Waals surface area contributed by atoms with E-state index in [1.807, 2.05) is 30.5 Å². The van der Waals surface area contributed by atoms with Crippen molar-refractivity contribution in [2.24, 2.45) is 0 Å². The van der Waals surface area contributed by atoms with E-state index in [-0.39, 0.29) is 20.1 Å². The van der Waals surface area contributed by atoms with Gasteiger partial charge in [0.1, 0.15) is 5.82 Å². The molecule has 0 N–H and O–H groups in total. The fourth-order valence-corrected chi connectivity index (χ4v) is 7.67. The number of aromatic nitrogens is 3. The van der Waals surface area contributed by atoms with Gasteiger partial charge in [0, 0.05) is 37.4 Å².